The van der Waals surface area contributed by atoms with Crippen molar-refractivity contribution in [3.8, 4) is 0 Å². The van der Waals surface area contributed by atoms with Gasteiger partial charge >= 0.3 is 0 Å². The number of aliphatic hydroxyl groups is 4. The molecule has 0 aromatic carbocycles. The molecule has 0 aromatic heterocycles. The van der Waals surface area contributed by atoms with Crippen molar-refractivity contribution in [1.82, 2.24) is 0 Å². The normalized spacial score (nSPS) is 24.6. The zero-order chi connectivity index (χ0) is 9.84. The first-order valence-electron chi connectivity index (χ1n) is 3.78. The fourth-order valence-electron chi connectivity index (χ4n) is 0.909. The van der Waals surface area contributed by atoms with E-state index in [-0.39, 0.29) is 4.58 Å². The first-order valence-corrected chi connectivity index (χ1v) is 5.66. The second-order valence-electron chi connectivity index (χ2n) is 2.64. The van der Waals surface area contributed by atoms with Gasteiger partial charge < -0.3 is 20.4 Å². The highest BCUT2D eigenvalue weighted by atomic mass is 32.2. The summed E-state index contributed by atoms with van der Waals surface area (Å²) in [5, 5.41) is 40.1. The summed E-state index contributed by atoms with van der Waals surface area (Å²) in [6, 6.07) is 0. The highest BCUT2D eigenvalue weighted by Gasteiger charge is 2.32. The molecule has 1 aliphatic heterocycles. The number of hydrogen-bond acceptors (Lipinski definition) is 6. The summed E-state index contributed by atoms with van der Waals surface area (Å²) in [5.74, 6) is 0. The van der Waals surface area contributed by atoms with Crippen molar-refractivity contribution < 1.29 is 20.4 Å². The molecule has 4 N–H and O–H groups in total. The highest BCUT2D eigenvalue weighted by molar-refractivity contribution is 8.22. The van der Waals surface area contributed by atoms with E-state index in [9.17, 15) is 10.2 Å². The lowest BCUT2D eigenvalue weighted by molar-refractivity contribution is -0.0705. The molecule has 0 amide bonds. The molecule has 0 aliphatic carbocycles. The molecule has 3 atom stereocenters. The van der Waals surface area contributed by atoms with Crippen molar-refractivity contribution in [2.75, 3.05) is 6.61 Å². The average Bonchev–Trinajstić information content (AvgIpc) is 2.67. The molecule has 1 heterocycles. The van der Waals surface area contributed by atoms with Gasteiger partial charge in [-0.15, -0.1) is 23.5 Å². The topological polar surface area (TPSA) is 80.9 Å². The van der Waals surface area contributed by atoms with Crippen LogP contribution >= 0.6 is 23.5 Å². The minimum Gasteiger partial charge on any atom is -0.394 e. The predicted octanol–water partition coefficient (Wildman–Crippen LogP) is -0.661. The Morgan fingerprint density at radius 1 is 1.15 bits per heavy atom. The first kappa shape index (κ1) is 11.4. The van der Waals surface area contributed by atoms with Crippen LogP contribution in [-0.2, 0) is 0 Å². The zero-order valence-electron chi connectivity index (χ0n) is 6.78. The summed E-state index contributed by atoms with van der Waals surface area (Å²) in [6.07, 6.45) is -3.61. The Balaban J connectivity index is 2.41. The Bertz CT molecular complexity index is 179. The second-order valence-corrected chi connectivity index (χ2v) is 5.05. The smallest absolute Gasteiger partial charge is 0.110 e. The Morgan fingerprint density at radius 3 is 2.15 bits per heavy atom. The van der Waals surface area contributed by atoms with Gasteiger partial charge in [-0.1, -0.05) is 0 Å². The zero-order valence-corrected chi connectivity index (χ0v) is 8.41. The number of hydrogen-bond donors (Lipinski definition) is 4. The number of aliphatic hydroxyl groups excluding tert-OH is 4. The minimum absolute atomic E-state index is 0.198. The summed E-state index contributed by atoms with van der Waals surface area (Å²) in [6.45, 7) is -0.548. The lowest BCUT2D eigenvalue weighted by Gasteiger charge is -2.24. The van der Waals surface area contributed by atoms with Crippen molar-refractivity contribution >= 4 is 23.5 Å². The van der Waals surface area contributed by atoms with Gasteiger partial charge in [-0.3, -0.25) is 0 Å². The van der Waals surface area contributed by atoms with E-state index in [1.54, 1.807) is 0 Å². The summed E-state index contributed by atoms with van der Waals surface area (Å²) >= 11 is 2.77. The molecule has 6 heteroatoms. The molecule has 1 unspecified atom stereocenters. The maximum atomic E-state index is 9.52. The van der Waals surface area contributed by atoms with Crippen LogP contribution in [-0.4, -0.2) is 49.9 Å². The van der Waals surface area contributed by atoms with Crippen LogP contribution in [0.4, 0.5) is 0 Å². The monoisotopic (exact) mass is 224 g/mol. The Hall–Kier alpha value is 0.280. The molecule has 0 bridgehead atoms. The van der Waals surface area contributed by atoms with Gasteiger partial charge in [0.2, 0.25) is 0 Å². The van der Waals surface area contributed by atoms with Crippen LogP contribution in [0.25, 0.3) is 0 Å². The lowest BCUT2D eigenvalue weighted by atomic mass is 10.1. The molecule has 4 nitrogen and oxygen atoms in total. The molecule has 13 heavy (non-hydrogen) atoms. The van der Waals surface area contributed by atoms with Crippen LogP contribution in [0.3, 0.4) is 0 Å². The molecular formula is C7H12O4S2. The number of rotatable bonds is 4. The molecule has 0 spiro atoms. The number of thioether (sulfide) groups is 2. The van der Waals surface area contributed by atoms with Gasteiger partial charge in [0.05, 0.1) is 11.2 Å². The van der Waals surface area contributed by atoms with E-state index in [2.05, 4.69) is 0 Å². The van der Waals surface area contributed by atoms with Gasteiger partial charge in [0.25, 0.3) is 0 Å². The van der Waals surface area contributed by atoms with E-state index in [0.29, 0.717) is 0 Å². The summed E-state index contributed by atoms with van der Waals surface area (Å²) in [5.41, 5.74) is 0. The van der Waals surface area contributed by atoms with Crippen molar-refractivity contribution in [2.24, 2.45) is 0 Å². The summed E-state index contributed by atoms with van der Waals surface area (Å²) in [7, 11) is 0. The molecule has 0 saturated carbocycles. The van der Waals surface area contributed by atoms with E-state index >= 15 is 0 Å². The Morgan fingerprint density at radius 2 is 1.69 bits per heavy atom. The third-order valence-electron chi connectivity index (χ3n) is 1.69. The third kappa shape index (κ3) is 2.87. The predicted molar refractivity (Wildman–Crippen MR) is 53.2 cm³/mol. The fraction of sp³-hybridized carbons (Fsp3) is 0.714. The molecule has 0 fully saturated rings. The van der Waals surface area contributed by atoms with E-state index in [1.165, 1.54) is 23.5 Å². The average molecular weight is 224 g/mol. The molecule has 1 rings (SSSR count). The largest absolute Gasteiger partial charge is 0.394 e. The van der Waals surface area contributed by atoms with Crippen LogP contribution in [0.1, 0.15) is 0 Å². The maximum Gasteiger partial charge on any atom is 0.110 e. The van der Waals surface area contributed by atoms with Gasteiger partial charge in [-0.05, 0) is 10.8 Å². The van der Waals surface area contributed by atoms with Crippen molar-refractivity contribution in [3.63, 3.8) is 0 Å². The second kappa shape index (κ2) is 5.23. The maximum absolute atomic E-state index is 9.52. The van der Waals surface area contributed by atoms with E-state index in [1.807, 2.05) is 10.8 Å². The van der Waals surface area contributed by atoms with Crippen LogP contribution in [0.2, 0.25) is 0 Å². The van der Waals surface area contributed by atoms with Gasteiger partial charge in [-0.25, -0.2) is 0 Å². The Kier molecular flexibility index (Phi) is 4.57. The van der Waals surface area contributed by atoms with Crippen LogP contribution in [0.5, 0.6) is 0 Å². The molecule has 0 saturated heterocycles. The standard InChI is InChI=1S/C7H12O4S2/c8-3-4(9)5(10)6(11)7-12-1-2-13-7/h1-2,4-11H,3H2/t4-,5+,6?/m1/s1. The fourth-order valence-corrected chi connectivity index (χ4v) is 3.02. The van der Waals surface area contributed by atoms with E-state index in [0.717, 1.165) is 0 Å². The molecule has 0 aromatic rings. The van der Waals surface area contributed by atoms with Crippen LogP contribution < -0.4 is 0 Å². The van der Waals surface area contributed by atoms with Gasteiger partial charge in [-0.2, -0.15) is 0 Å². The lowest BCUT2D eigenvalue weighted by Crippen LogP contribution is -2.43. The van der Waals surface area contributed by atoms with Crippen molar-refractivity contribution in [3.05, 3.63) is 10.8 Å². The molecule has 0 radical (unpaired) electrons. The van der Waals surface area contributed by atoms with Crippen LogP contribution in [0, 0.1) is 0 Å². The third-order valence-corrected chi connectivity index (χ3v) is 4.21. The minimum atomic E-state index is -1.30. The first-order chi connectivity index (χ1) is 6.16. The van der Waals surface area contributed by atoms with Gasteiger partial charge in [0, 0.05) is 0 Å². The highest BCUT2D eigenvalue weighted by Crippen LogP contribution is 2.36. The van der Waals surface area contributed by atoms with Crippen molar-refractivity contribution in [2.45, 2.75) is 22.9 Å². The SMILES string of the molecule is OC[C@@H](O)[C@H](O)C(O)C1SC=CS1. The molecule has 76 valence electrons. The summed E-state index contributed by atoms with van der Waals surface area (Å²) < 4.78 is -0.198. The van der Waals surface area contributed by atoms with Crippen LogP contribution in [0.15, 0.2) is 10.8 Å². The van der Waals surface area contributed by atoms with E-state index in [4.69, 9.17) is 10.2 Å². The summed E-state index contributed by atoms with van der Waals surface area (Å²) in [4.78, 5) is 0. The van der Waals surface area contributed by atoms with Crippen molar-refractivity contribution in [1.29, 1.82) is 0 Å². The van der Waals surface area contributed by atoms with Gasteiger partial charge in [0.1, 0.15) is 18.3 Å². The van der Waals surface area contributed by atoms with E-state index < -0.39 is 24.9 Å². The van der Waals surface area contributed by atoms with Gasteiger partial charge in [0.15, 0.2) is 0 Å². The molecular weight excluding hydrogens is 212 g/mol. The molecule has 1 aliphatic rings. The quantitative estimate of drug-likeness (QED) is 0.507. The Labute approximate surface area is 84.7 Å².